The highest BCUT2D eigenvalue weighted by molar-refractivity contribution is 9.09. The molecule has 2 heterocycles. The number of halogens is 3. The highest BCUT2D eigenvalue weighted by Gasteiger charge is 2.34. The van der Waals surface area contributed by atoms with Crippen molar-refractivity contribution in [3.8, 4) is 0 Å². The maximum absolute atomic E-state index is 12.6. The third-order valence-electron chi connectivity index (χ3n) is 2.96. The van der Waals surface area contributed by atoms with Crippen LogP contribution in [0.25, 0.3) is 0 Å². The molecule has 1 atom stereocenters. The number of hydrogen-bond donors (Lipinski definition) is 0. The first kappa shape index (κ1) is 15.1. The number of alkyl halides is 1. The summed E-state index contributed by atoms with van der Waals surface area (Å²) in [5, 5.41) is 0.641. The van der Waals surface area contributed by atoms with Gasteiger partial charge >= 0.3 is 0 Å². The Kier molecular flexibility index (Phi) is 5.00. The molecule has 0 saturated carbocycles. The lowest BCUT2D eigenvalue weighted by molar-refractivity contribution is 0.273. The molecule has 1 aliphatic rings. The van der Waals surface area contributed by atoms with Gasteiger partial charge in [-0.2, -0.15) is 4.31 Å². The summed E-state index contributed by atoms with van der Waals surface area (Å²) in [6, 6.07) is 1.43. The van der Waals surface area contributed by atoms with Gasteiger partial charge in [0.1, 0.15) is 9.23 Å². The molecule has 1 unspecified atom stereocenters. The summed E-state index contributed by atoms with van der Waals surface area (Å²) < 4.78 is 27.3. The van der Waals surface area contributed by atoms with E-state index in [1.807, 2.05) is 0 Å². The number of hydrogen-bond acceptors (Lipinski definition) is 3. The van der Waals surface area contributed by atoms with Gasteiger partial charge in [0, 0.05) is 17.9 Å². The second-order valence-corrected chi connectivity index (χ2v) is 8.90. The van der Waals surface area contributed by atoms with E-state index in [1.165, 1.54) is 10.4 Å². The van der Waals surface area contributed by atoms with E-state index in [0.717, 1.165) is 30.6 Å². The molecule has 0 amide bonds. The molecule has 1 saturated heterocycles. The Bertz CT molecular complexity index is 532. The van der Waals surface area contributed by atoms with E-state index in [4.69, 9.17) is 23.2 Å². The van der Waals surface area contributed by atoms with Crippen LogP contribution in [-0.4, -0.2) is 30.6 Å². The molecule has 3 nitrogen and oxygen atoms in total. The average Bonchev–Trinajstić information content (AvgIpc) is 2.69. The van der Waals surface area contributed by atoms with Gasteiger partial charge in [-0.3, -0.25) is 0 Å². The Balaban J connectivity index is 2.38. The van der Waals surface area contributed by atoms with Crippen molar-refractivity contribution >= 4 is 60.5 Å². The first-order chi connectivity index (χ1) is 8.46. The molecular formula is C10H12BrCl2NO2S2. The monoisotopic (exact) mass is 391 g/mol. The van der Waals surface area contributed by atoms with Crippen LogP contribution in [0.15, 0.2) is 11.0 Å². The molecule has 0 aromatic carbocycles. The van der Waals surface area contributed by atoms with Crippen molar-refractivity contribution in [2.24, 2.45) is 0 Å². The van der Waals surface area contributed by atoms with Crippen molar-refractivity contribution in [3.05, 3.63) is 14.7 Å². The third-order valence-corrected chi connectivity index (χ3v) is 7.42. The van der Waals surface area contributed by atoms with Crippen LogP contribution in [0.3, 0.4) is 0 Å². The van der Waals surface area contributed by atoms with Crippen molar-refractivity contribution in [3.63, 3.8) is 0 Å². The zero-order chi connectivity index (χ0) is 13.3. The first-order valence-corrected chi connectivity index (χ1v) is 9.63. The van der Waals surface area contributed by atoms with E-state index in [-0.39, 0.29) is 15.3 Å². The van der Waals surface area contributed by atoms with Gasteiger partial charge in [-0.25, -0.2) is 8.42 Å². The van der Waals surface area contributed by atoms with E-state index in [2.05, 4.69) is 15.9 Å². The fraction of sp³-hybridized carbons (Fsp3) is 0.600. The van der Waals surface area contributed by atoms with E-state index in [9.17, 15) is 8.42 Å². The second-order valence-electron chi connectivity index (χ2n) is 4.11. The van der Waals surface area contributed by atoms with Gasteiger partial charge in [0.15, 0.2) is 0 Å². The summed E-state index contributed by atoms with van der Waals surface area (Å²) in [6.07, 6.45) is 2.82. The molecule has 0 bridgehead atoms. The van der Waals surface area contributed by atoms with Crippen molar-refractivity contribution in [2.75, 3.05) is 11.9 Å². The lowest BCUT2D eigenvalue weighted by Gasteiger charge is -2.33. The van der Waals surface area contributed by atoms with E-state index < -0.39 is 10.0 Å². The topological polar surface area (TPSA) is 37.4 Å². The van der Waals surface area contributed by atoms with Gasteiger partial charge < -0.3 is 0 Å². The van der Waals surface area contributed by atoms with Gasteiger partial charge in [-0.15, -0.1) is 11.3 Å². The molecule has 1 aliphatic heterocycles. The van der Waals surface area contributed by atoms with Gasteiger partial charge in [0.05, 0.1) is 4.34 Å². The number of piperidine rings is 1. The Morgan fingerprint density at radius 1 is 1.44 bits per heavy atom. The maximum atomic E-state index is 12.6. The Morgan fingerprint density at radius 2 is 2.17 bits per heavy atom. The van der Waals surface area contributed by atoms with E-state index in [1.54, 1.807) is 0 Å². The van der Waals surface area contributed by atoms with Gasteiger partial charge in [0.2, 0.25) is 10.0 Å². The molecule has 0 radical (unpaired) electrons. The minimum absolute atomic E-state index is 0.00140. The fourth-order valence-electron chi connectivity index (χ4n) is 2.07. The highest BCUT2D eigenvalue weighted by Crippen LogP contribution is 2.37. The van der Waals surface area contributed by atoms with Crippen molar-refractivity contribution in [1.82, 2.24) is 4.31 Å². The number of sulfonamides is 1. The van der Waals surface area contributed by atoms with Crippen LogP contribution in [0.2, 0.25) is 8.67 Å². The summed E-state index contributed by atoms with van der Waals surface area (Å²) in [6.45, 7) is 0.544. The smallest absolute Gasteiger partial charge is 0.207 e. The van der Waals surface area contributed by atoms with Crippen LogP contribution >= 0.6 is 50.5 Å². The van der Waals surface area contributed by atoms with Crippen molar-refractivity contribution in [2.45, 2.75) is 30.2 Å². The fourth-order valence-corrected chi connectivity index (χ4v) is 6.74. The van der Waals surface area contributed by atoms with Crippen LogP contribution in [0.1, 0.15) is 19.3 Å². The molecule has 2 rings (SSSR count). The predicted octanol–water partition coefficient (Wildman–Crippen LogP) is 3.99. The maximum Gasteiger partial charge on any atom is 0.245 e. The molecule has 0 N–H and O–H groups in total. The Labute approximate surface area is 129 Å². The van der Waals surface area contributed by atoms with Crippen LogP contribution < -0.4 is 0 Å². The zero-order valence-corrected chi connectivity index (χ0v) is 14.1. The largest absolute Gasteiger partial charge is 0.245 e. The minimum Gasteiger partial charge on any atom is -0.207 e. The van der Waals surface area contributed by atoms with Crippen LogP contribution in [0.5, 0.6) is 0 Å². The van der Waals surface area contributed by atoms with E-state index >= 15 is 0 Å². The molecule has 18 heavy (non-hydrogen) atoms. The summed E-state index contributed by atoms with van der Waals surface area (Å²) in [5.41, 5.74) is 0. The van der Waals surface area contributed by atoms with Crippen molar-refractivity contribution < 1.29 is 8.42 Å². The second kappa shape index (κ2) is 5.97. The molecule has 8 heteroatoms. The summed E-state index contributed by atoms with van der Waals surface area (Å²) in [4.78, 5) is 0.131. The number of thiophene rings is 1. The van der Waals surface area contributed by atoms with Crippen LogP contribution in [0, 0.1) is 0 Å². The van der Waals surface area contributed by atoms with Crippen LogP contribution in [-0.2, 0) is 10.0 Å². The molecule has 0 spiro atoms. The summed E-state index contributed by atoms with van der Waals surface area (Å²) >= 11 is 16.2. The standard InChI is InChI=1S/C10H12BrCl2NO2S2/c11-6-7-3-1-2-4-14(7)18(15,16)8-5-9(12)17-10(8)13/h5,7H,1-4,6H2. The van der Waals surface area contributed by atoms with E-state index in [0.29, 0.717) is 16.2 Å². The Hall–Kier alpha value is 0.670. The summed E-state index contributed by atoms with van der Waals surface area (Å²) in [7, 11) is -3.54. The van der Waals surface area contributed by atoms with Crippen LogP contribution in [0.4, 0.5) is 0 Å². The van der Waals surface area contributed by atoms with Gasteiger partial charge in [0.25, 0.3) is 0 Å². The minimum atomic E-state index is -3.54. The molecule has 1 fully saturated rings. The quantitative estimate of drug-likeness (QED) is 0.729. The molecule has 1 aromatic rings. The molecule has 0 aliphatic carbocycles. The molecule has 1 aromatic heterocycles. The number of rotatable bonds is 3. The molecular weight excluding hydrogens is 381 g/mol. The Morgan fingerprint density at radius 3 is 2.72 bits per heavy atom. The van der Waals surface area contributed by atoms with Crippen molar-refractivity contribution in [1.29, 1.82) is 0 Å². The third kappa shape index (κ3) is 2.88. The first-order valence-electron chi connectivity index (χ1n) is 5.49. The SMILES string of the molecule is O=S(=O)(c1cc(Cl)sc1Cl)N1CCCCC1CBr. The predicted molar refractivity (Wildman–Crippen MR) is 79.7 cm³/mol. The zero-order valence-electron chi connectivity index (χ0n) is 9.40. The van der Waals surface area contributed by atoms with Gasteiger partial charge in [-0.1, -0.05) is 45.6 Å². The lowest BCUT2D eigenvalue weighted by Crippen LogP contribution is -2.44. The molecule has 102 valence electrons. The average molecular weight is 393 g/mol. The lowest BCUT2D eigenvalue weighted by atomic mass is 10.1. The highest BCUT2D eigenvalue weighted by atomic mass is 79.9. The summed E-state index contributed by atoms with van der Waals surface area (Å²) in [5.74, 6) is 0. The normalized spacial score (nSPS) is 22.3. The number of nitrogens with zero attached hydrogens (tertiary/aromatic N) is 1. The van der Waals surface area contributed by atoms with Gasteiger partial charge in [-0.05, 0) is 18.9 Å².